The molecule has 2 N–H and O–H groups in total. The van der Waals surface area contributed by atoms with Gasteiger partial charge < -0.3 is 14.4 Å². The van der Waals surface area contributed by atoms with Crippen LogP contribution in [0.15, 0.2) is 0 Å². The van der Waals surface area contributed by atoms with E-state index in [9.17, 15) is 13.8 Å². The van der Waals surface area contributed by atoms with Crippen LogP contribution in [-0.4, -0.2) is 38.7 Å². The number of carbonyl (C=O) groups excluding carboxylic acids is 1. The van der Waals surface area contributed by atoms with Crippen LogP contribution in [0.1, 0.15) is 6.42 Å². The SMILES string of the molecule is CS(=O)OC(=O)C(O)CC(=O)O. The van der Waals surface area contributed by atoms with Crippen molar-refractivity contribution in [1.29, 1.82) is 0 Å². The third-order valence-electron chi connectivity index (χ3n) is 0.840. The monoisotopic (exact) mass is 196 g/mol. The second-order valence-electron chi connectivity index (χ2n) is 1.92. The van der Waals surface area contributed by atoms with E-state index >= 15 is 0 Å². The molecule has 0 heterocycles. The zero-order valence-corrected chi connectivity index (χ0v) is 7.04. The van der Waals surface area contributed by atoms with Gasteiger partial charge in [-0.2, -0.15) is 0 Å². The molecule has 0 radical (unpaired) electrons. The lowest BCUT2D eigenvalue weighted by Crippen LogP contribution is -2.26. The zero-order valence-electron chi connectivity index (χ0n) is 6.22. The van der Waals surface area contributed by atoms with Gasteiger partial charge in [0.1, 0.15) is 0 Å². The molecule has 0 rings (SSSR count). The van der Waals surface area contributed by atoms with Gasteiger partial charge in [0.25, 0.3) is 0 Å². The first-order chi connectivity index (χ1) is 5.43. The smallest absolute Gasteiger partial charge is 0.349 e. The highest BCUT2D eigenvalue weighted by Gasteiger charge is 2.21. The Bertz CT molecular complexity index is 212. The Morgan fingerprint density at radius 1 is 1.58 bits per heavy atom. The average Bonchev–Trinajstić information content (AvgIpc) is 1.84. The highest BCUT2D eigenvalue weighted by Crippen LogP contribution is 1.96. The molecule has 7 heteroatoms. The summed E-state index contributed by atoms with van der Waals surface area (Å²) in [4.78, 5) is 20.5. The van der Waals surface area contributed by atoms with E-state index in [4.69, 9.17) is 10.2 Å². The predicted octanol–water partition coefficient (Wildman–Crippen LogP) is -1.34. The van der Waals surface area contributed by atoms with E-state index in [2.05, 4.69) is 4.18 Å². The molecule has 2 unspecified atom stereocenters. The van der Waals surface area contributed by atoms with Crippen LogP contribution in [0, 0.1) is 0 Å². The maximum atomic E-state index is 10.6. The second-order valence-corrected chi connectivity index (χ2v) is 2.89. The number of carboxylic acids is 1. The molecule has 0 fully saturated rings. The van der Waals surface area contributed by atoms with Gasteiger partial charge in [-0.1, -0.05) is 0 Å². The maximum absolute atomic E-state index is 10.6. The van der Waals surface area contributed by atoms with Gasteiger partial charge in [0.2, 0.25) is 11.1 Å². The molecule has 0 aromatic carbocycles. The molecule has 0 spiro atoms. The topological polar surface area (TPSA) is 101 Å². The second kappa shape index (κ2) is 4.83. The maximum Gasteiger partial charge on any atom is 0.349 e. The molecule has 6 nitrogen and oxygen atoms in total. The van der Waals surface area contributed by atoms with E-state index in [1.807, 2.05) is 0 Å². The van der Waals surface area contributed by atoms with Crippen LogP contribution in [0.2, 0.25) is 0 Å². The minimum atomic E-state index is -1.83. The number of aliphatic carboxylic acids is 1. The summed E-state index contributed by atoms with van der Waals surface area (Å²) in [6, 6.07) is 0. The molecule has 0 aliphatic heterocycles. The lowest BCUT2D eigenvalue weighted by atomic mass is 10.3. The Balaban J connectivity index is 3.93. The molecule has 0 aromatic heterocycles. The third-order valence-corrected chi connectivity index (χ3v) is 1.24. The highest BCUT2D eigenvalue weighted by molar-refractivity contribution is 7.79. The van der Waals surface area contributed by atoms with Gasteiger partial charge in [-0.15, -0.1) is 0 Å². The fourth-order valence-electron chi connectivity index (χ4n) is 0.420. The minimum absolute atomic E-state index is 0.754. The summed E-state index contributed by atoms with van der Waals surface area (Å²) in [6.07, 6.45) is -1.42. The van der Waals surface area contributed by atoms with Crippen molar-refractivity contribution < 1.29 is 28.2 Å². The van der Waals surface area contributed by atoms with E-state index in [0.717, 1.165) is 6.26 Å². The van der Waals surface area contributed by atoms with Crippen LogP contribution in [0.3, 0.4) is 0 Å². The van der Waals surface area contributed by atoms with Gasteiger partial charge in [-0.25, -0.2) is 9.00 Å². The van der Waals surface area contributed by atoms with E-state index in [1.54, 1.807) is 0 Å². The van der Waals surface area contributed by atoms with E-state index < -0.39 is 35.5 Å². The quantitative estimate of drug-likeness (QED) is 0.577. The van der Waals surface area contributed by atoms with Crippen LogP contribution in [0.25, 0.3) is 0 Å². The van der Waals surface area contributed by atoms with Gasteiger partial charge in [0, 0.05) is 6.26 Å². The summed E-state index contributed by atoms with van der Waals surface area (Å²) in [5.41, 5.74) is 0. The Morgan fingerprint density at radius 2 is 2.08 bits per heavy atom. The van der Waals surface area contributed by atoms with Crippen molar-refractivity contribution in [3.05, 3.63) is 0 Å². The predicted molar refractivity (Wildman–Crippen MR) is 38.4 cm³/mol. The van der Waals surface area contributed by atoms with Crippen LogP contribution in [0.4, 0.5) is 0 Å². The number of aliphatic hydroxyl groups excluding tert-OH is 1. The Morgan fingerprint density at radius 3 is 2.42 bits per heavy atom. The first kappa shape index (κ1) is 11.1. The number of hydrogen-bond acceptors (Lipinski definition) is 5. The molecular formula is C5H8O6S. The van der Waals surface area contributed by atoms with Crippen LogP contribution in [0.5, 0.6) is 0 Å². The van der Waals surface area contributed by atoms with E-state index in [0.29, 0.717) is 0 Å². The molecule has 0 bridgehead atoms. The molecular weight excluding hydrogens is 188 g/mol. The molecule has 0 saturated heterocycles. The first-order valence-electron chi connectivity index (χ1n) is 2.89. The van der Waals surface area contributed by atoms with Crippen molar-refractivity contribution >= 4 is 23.0 Å². The lowest BCUT2D eigenvalue weighted by Gasteiger charge is -2.04. The summed E-state index contributed by atoms with van der Waals surface area (Å²) in [6.45, 7) is 0. The van der Waals surface area contributed by atoms with Crippen LogP contribution in [-0.2, 0) is 24.9 Å². The van der Waals surface area contributed by atoms with Gasteiger partial charge in [0.05, 0.1) is 6.42 Å². The molecule has 2 atom stereocenters. The van der Waals surface area contributed by atoms with Crippen molar-refractivity contribution in [3.8, 4) is 0 Å². The van der Waals surface area contributed by atoms with Gasteiger partial charge >= 0.3 is 11.9 Å². The highest BCUT2D eigenvalue weighted by atomic mass is 32.2. The third kappa shape index (κ3) is 4.80. The first-order valence-corrected chi connectivity index (χ1v) is 4.37. The lowest BCUT2D eigenvalue weighted by molar-refractivity contribution is -0.150. The normalized spacial score (nSPS) is 14.8. The molecule has 0 amide bonds. The van der Waals surface area contributed by atoms with Crippen molar-refractivity contribution in [2.45, 2.75) is 12.5 Å². The number of carbonyl (C=O) groups is 2. The molecule has 0 aliphatic carbocycles. The summed E-state index contributed by atoms with van der Waals surface area (Å²) < 4.78 is 14.3. The van der Waals surface area contributed by atoms with E-state index in [1.165, 1.54) is 0 Å². The number of rotatable bonds is 4. The average molecular weight is 196 g/mol. The van der Waals surface area contributed by atoms with Crippen molar-refractivity contribution in [1.82, 2.24) is 0 Å². The fraction of sp³-hybridized carbons (Fsp3) is 0.600. The summed E-state index contributed by atoms with van der Waals surface area (Å²) in [5.74, 6) is -2.53. The molecule has 12 heavy (non-hydrogen) atoms. The minimum Gasteiger partial charge on any atom is -0.481 e. The largest absolute Gasteiger partial charge is 0.481 e. The molecule has 0 saturated carbocycles. The van der Waals surface area contributed by atoms with Gasteiger partial charge in [-0.3, -0.25) is 4.79 Å². The summed E-state index contributed by atoms with van der Waals surface area (Å²) >= 11 is -1.83. The summed E-state index contributed by atoms with van der Waals surface area (Å²) in [7, 11) is 0. The molecule has 0 aliphatic rings. The Labute approximate surface area is 70.8 Å². The molecule has 70 valence electrons. The van der Waals surface area contributed by atoms with Crippen molar-refractivity contribution in [3.63, 3.8) is 0 Å². The Kier molecular flexibility index (Phi) is 4.45. The van der Waals surface area contributed by atoms with E-state index in [-0.39, 0.29) is 0 Å². The van der Waals surface area contributed by atoms with Gasteiger partial charge in [0.15, 0.2) is 6.10 Å². The summed E-state index contributed by atoms with van der Waals surface area (Å²) in [5, 5.41) is 16.9. The Hall–Kier alpha value is -0.950. The standard InChI is InChI=1S/C5H8O6S/c1-12(10)11-5(9)3(6)2-4(7)8/h3,6H,2H2,1H3,(H,7,8). The van der Waals surface area contributed by atoms with Gasteiger partial charge in [-0.05, 0) is 0 Å². The molecule has 0 aromatic rings. The van der Waals surface area contributed by atoms with Crippen molar-refractivity contribution in [2.24, 2.45) is 0 Å². The van der Waals surface area contributed by atoms with Crippen LogP contribution >= 0.6 is 0 Å². The van der Waals surface area contributed by atoms with Crippen molar-refractivity contribution in [2.75, 3.05) is 6.26 Å². The number of carboxylic acid groups (broad SMARTS) is 1. The number of hydrogen-bond donors (Lipinski definition) is 2. The zero-order chi connectivity index (χ0) is 9.72. The fourth-order valence-corrected chi connectivity index (χ4v) is 0.762. The number of aliphatic hydroxyl groups is 1. The van der Waals surface area contributed by atoms with Crippen LogP contribution < -0.4 is 0 Å².